The number of amides is 1. The zero-order valence-electron chi connectivity index (χ0n) is 15.9. The van der Waals surface area contributed by atoms with Crippen LogP contribution in [0.5, 0.6) is 0 Å². The van der Waals surface area contributed by atoms with Gasteiger partial charge >= 0.3 is 0 Å². The summed E-state index contributed by atoms with van der Waals surface area (Å²) in [5.41, 5.74) is 4.39. The molecule has 2 N–H and O–H groups in total. The summed E-state index contributed by atoms with van der Waals surface area (Å²) in [6.07, 6.45) is 1.72. The summed E-state index contributed by atoms with van der Waals surface area (Å²) in [5.74, 6) is -0.231. The fraction of sp³-hybridized carbons (Fsp3) is 0.0833. The molecule has 0 fully saturated rings. The molecule has 4 nitrogen and oxygen atoms in total. The van der Waals surface area contributed by atoms with Crippen LogP contribution >= 0.6 is 11.6 Å². The van der Waals surface area contributed by atoms with Crippen molar-refractivity contribution in [3.05, 3.63) is 89.4 Å². The second-order valence-electron chi connectivity index (χ2n) is 6.84. The number of benzene rings is 4. The zero-order valence-corrected chi connectivity index (χ0v) is 16.6. The summed E-state index contributed by atoms with van der Waals surface area (Å²) in [4.78, 5) is 12.4. The number of nitrogens with zero attached hydrogens (tertiary/aromatic N) is 1. The number of fused-ring (bicyclic) bond motifs is 2. The van der Waals surface area contributed by atoms with E-state index in [4.69, 9.17) is 11.6 Å². The number of hydrogen-bond acceptors (Lipinski definition) is 3. The molecule has 29 heavy (non-hydrogen) atoms. The molecule has 1 atom stereocenters. The SMILES string of the molecule is C[C@H](Nc1cccc(Cl)c1)C(=O)N/N=C\c1c2ccccc2cc2ccccc12. The number of rotatable bonds is 5. The van der Waals surface area contributed by atoms with Gasteiger partial charge in [0.25, 0.3) is 5.91 Å². The maximum absolute atomic E-state index is 12.4. The first kappa shape index (κ1) is 19.0. The number of nitrogens with one attached hydrogen (secondary N) is 2. The van der Waals surface area contributed by atoms with Gasteiger partial charge in [0.2, 0.25) is 0 Å². The molecule has 0 aromatic heterocycles. The van der Waals surface area contributed by atoms with Crippen molar-refractivity contribution in [1.29, 1.82) is 0 Å². The Morgan fingerprint density at radius 1 is 0.931 bits per heavy atom. The quantitative estimate of drug-likeness (QED) is 0.260. The average molecular weight is 402 g/mol. The number of halogens is 1. The van der Waals surface area contributed by atoms with E-state index in [1.54, 1.807) is 25.3 Å². The van der Waals surface area contributed by atoms with Gasteiger partial charge in [-0.05, 0) is 52.7 Å². The molecule has 0 bridgehead atoms. The molecule has 0 radical (unpaired) electrons. The topological polar surface area (TPSA) is 53.5 Å². The third-order valence-corrected chi connectivity index (χ3v) is 5.02. The van der Waals surface area contributed by atoms with Gasteiger partial charge in [0.15, 0.2) is 0 Å². The molecule has 0 saturated carbocycles. The first-order valence-corrected chi connectivity index (χ1v) is 9.75. The second kappa shape index (κ2) is 8.33. The van der Waals surface area contributed by atoms with Gasteiger partial charge in [-0.15, -0.1) is 0 Å². The van der Waals surface area contributed by atoms with Crippen molar-refractivity contribution in [3.8, 4) is 0 Å². The van der Waals surface area contributed by atoms with E-state index in [2.05, 4.69) is 46.2 Å². The molecular formula is C24H20ClN3O. The van der Waals surface area contributed by atoms with Crippen molar-refractivity contribution >= 4 is 51.0 Å². The van der Waals surface area contributed by atoms with Crippen molar-refractivity contribution in [1.82, 2.24) is 5.43 Å². The van der Waals surface area contributed by atoms with Crippen molar-refractivity contribution in [2.45, 2.75) is 13.0 Å². The molecule has 0 aliphatic carbocycles. The van der Waals surface area contributed by atoms with E-state index in [1.165, 1.54) is 0 Å². The van der Waals surface area contributed by atoms with Crippen LogP contribution in [-0.2, 0) is 4.79 Å². The molecule has 4 rings (SSSR count). The summed E-state index contributed by atoms with van der Waals surface area (Å²) < 4.78 is 0. The van der Waals surface area contributed by atoms with E-state index in [9.17, 15) is 4.79 Å². The van der Waals surface area contributed by atoms with Crippen LogP contribution in [0.3, 0.4) is 0 Å². The van der Waals surface area contributed by atoms with Crippen molar-refractivity contribution in [2.24, 2.45) is 5.10 Å². The lowest BCUT2D eigenvalue weighted by atomic mass is 9.97. The highest BCUT2D eigenvalue weighted by Gasteiger charge is 2.12. The van der Waals surface area contributed by atoms with E-state index in [1.807, 2.05) is 36.4 Å². The highest BCUT2D eigenvalue weighted by atomic mass is 35.5. The minimum atomic E-state index is -0.463. The molecule has 1 amide bonds. The Balaban J connectivity index is 1.55. The highest BCUT2D eigenvalue weighted by Crippen LogP contribution is 2.27. The van der Waals surface area contributed by atoms with Crippen LogP contribution in [0.15, 0.2) is 84.0 Å². The minimum absolute atomic E-state index is 0.231. The van der Waals surface area contributed by atoms with Crippen LogP contribution in [-0.4, -0.2) is 18.2 Å². The van der Waals surface area contributed by atoms with Gasteiger partial charge in [0.1, 0.15) is 6.04 Å². The van der Waals surface area contributed by atoms with Gasteiger partial charge in [-0.2, -0.15) is 5.10 Å². The van der Waals surface area contributed by atoms with Crippen molar-refractivity contribution in [2.75, 3.05) is 5.32 Å². The Morgan fingerprint density at radius 3 is 2.24 bits per heavy atom. The Hall–Kier alpha value is -3.37. The molecule has 0 aliphatic heterocycles. The average Bonchev–Trinajstić information content (AvgIpc) is 2.73. The molecule has 0 unspecified atom stereocenters. The van der Waals surface area contributed by atoms with Crippen LogP contribution in [0.25, 0.3) is 21.5 Å². The summed E-state index contributed by atoms with van der Waals surface area (Å²) in [7, 11) is 0. The van der Waals surface area contributed by atoms with Crippen LogP contribution in [0.1, 0.15) is 12.5 Å². The predicted octanol–water partition coefficient (Wildman–Crippen LogP) is 5.60. The number of carbonyl (C=O) groups is 1. The Morgan fingerprint density at radius 2 is 1.59 bits per heavy atom. The molecule has 144 valence electrons. The molecule has 5 heteroatoms. The third kappa shape index (κ3) is 4.23. The van der Waals surface area contributed by atoms with Crippen LogP contribution in [0.2, 0.25) is 5.02 Å². The standard InChI is InChI=1S/C24H20ClN3O/c1-16(27-20-10-6-9-19(25)14-20)24(29)28-26-15-23-21-11-4-2-7-17(21)13-18-8-3-5-12-22(18)23/h2-16,27H,1H3,(H,28,29)/b26-15-/t16-/m0/s1. The lowest BCUT2D eigenvalue weighted by Crippen LogP contribution is -2.34. The van der Waals surface area contributed by atoms with Crippen molar-refractivity contribution < 1.29 is 4.79 Å². The molecule has 0 saturated heterocycles. The molecule has 0 spiro atoms. The van der Waals surface area contributed by atoms with Gasteiger partial charge in [-0.3, -0.25) is 4.79 Å². The van der Waals surface area contributed by atoms with Gasteiger partial charge in [0, 0.05) is 16.3 Å². The molecule has 4 aromatic carbocycles. The monoisotopic (exact) mass is 401 g/mol. The zero-order chi connectivity index (χ0) is 20.2. The van der Waals surface area contributed by atoms with E-state index in [-0.39, 0.29) is 5.91 Å². The first-order valence-electron chi connectivity index (χ1n) is 9.37. The molecule has 0 heterocycles. The van der Waals surface area contributed by atoms with Gasteiger partial charge in [-0.1, -0.05) is 66.2 Å². The Kier molecular flexibility index (Phi) is 5.45. The fourth-order valence-electron chi connectivity index (χ4n) is 3.34. The van der Waals surface area contributed by atoms with E-state index < -0.39 is 6.04 Å². The second-order valence-corrected chi connectivity index (χ2v) is 7.28. The summed E-state index contributed by atoms with van der Waals surface area (Å²) in [5, 5.41) is 12.4. The molecule has 0 aliphatic rings. The van der Waals surface area contributed by atoms with Crippen LogP contribution in [0, 0.1) is 0 Å². The van der Waals surface area contributed by atoms with Crippen LogP contribution in [0.4, 0.5) is 5.69 Å². The Bertz CT molecular complexity index is 1170. The minimum Gasteiger partial charge on any atom is -0.374 e. The number of hydrazone groups is 1. The summed E-state index contributed by atoms with van der Waals surface area (Å²) in [6.45, 7) is 1.78. The number of carbonyl (C=O) groups excluding carboxylic acids is 1. The molecule has 4 aromatic rings. The predicted molar refractivity (Wildman–Crippen MR) is 122 cm³/mol. The van der Waals surface area contributed by atoms with Gasteiger partial charge < -0.3 is 5.32 Å². The normalized spacial score (nSPS) is 12.3. The van der Waals surface area contributed by atoms with E-state index >= 15 is 0 Å². The lowest BCUT2D eigenvalue weighted by molar-refractivity contribution is -0.121. The number of hydrogen-bond donors (Lipinski definition) is 2. The van der Waals surface area contributed by atoms with Crippen molar-refractivity contribution in [3.63, 3.8) is 0 Å². The maximum atomic E-state index is 12.4. The smallest absolute Gasteiger partial charge is 0.262 e. The third-order valence-electron chi connectivity index (χ3n) is 4.78. The van der Waals surface area contributed by atoms with Crippen LogP contribution < -0.4 is 10.7 Å². The summed E-state index contributed by atoms with van der Waals surface area (Å²) >= 11 is 5.99. The first-order chi connectivity index (χ1) is 14.1. The highest BCUT2D eigenvalue weighted by molar-refractivity contribution is 6.30. The molecular weight excluding hydrogens is 382 g/mol. The van der Waals surface area contributed by atoms with E-state index in [0.29, 0.717) is 5.02 Å². The van der Waals surface area contributed by atoms with E-state index in [0.717, 1.165) is 32.8 Å². The van der Waals surface area contributed by atoms with Gasteiger partial charge in [-0.25, -0.2) is 5.43 Å². The number of anilines is 1. The van der Waals surface area contributed by atoms with Gasteiger partial charge in [0.05, 0.1) is 6.21 Å². The fourth-order valence-corrected chi connectivity index (χ4v) is 3.53. The largest absolute Gasteiger partial charge is 0.374 e. The maximum Gasteiger partial charge on any atom is 0.262 e. The lowest BCUT2D eigenvalue weighted by Gasteiger charge is -2.13. The summed E-state index contributed by atoms with van der Waals surface area (Å²) in [6, 6.07) is 25.3. The Labute approximate surface area is 174 Å².